The second-order valence-corrected chi connectivity index (χ2v) is 13.0. The Kier molecular flexibility index (Phi) is 9.47. The normalized spacial score (nSPS) is 16.4. The van der Waals surface area contributed by atoms with Crippen LogP contribution in [0.4, 0.5) is 45.5 Å². The van der Waals surface area contributed by atoms with Gasteiger partial charge in [-0.1, -0.05) is 24.3 Å². The van der Waals surface area contributed by atoms with E-state index in [0.717, 1.165) is 5.56 Å². The fraction of sp³-hybridized carbons (Fsp3) is 0.333. The van der Waals surface area contributed by atoms with Crippen LogP contribution in [0.15, 0.2) is 58.4 Å². The van der Waals surface area contributed by atoms with E-state index in [0.29, 0.717) is 73.3 Å². The molecule has 1 fully saturated rings. The molecule has 0 radical (unpaired) electrons. The largest absolute Gasteiger partial charge is 0.382 e. The fourth-order valence-corrected chi connectivity index (χ4v) is 6.21. The zero-order valence-corrected chi connectivity index (χ0v) is 27.2. The molecule has 18 heteroatoms. The highest BCUT2D eigenvalue weighted by atomic mass is 32.2. The van der Waals surface area contributed by atoms with Crippen LogP contribution >= 0.6 is 0 Å². The Hall–Kier alpha value is -5.20. The van der Waals surface area contributed by atoms with Crippen molar-refractivity contribution in [3.05, 3.63) is 65.5 Å². The molecule has 1 unspecified atom stereocenters. The van der Waals surface area contributed by atoms with Gasteiger partial charge in [-0.05, 0) is 35.4 Å². The maximum absolute atomic E-state index is 13.7. The van der Waals surface area contributed by atoms with Gasteiger partial charge in [-0.15, -0.1) is 0 Å². The van der Waals surface area contributed by atoms with E-state index in [2.05, 4.69) is 40.3 Å². The van der Waals surface area contributed by atoms with Crippen molar-refractivity contribution in [2.45, 2.75) is 17.4 Å². The van der Waals surface area contributed by atoms with Crippen LogP contribution in [0.1, 0.15) is 23.6 Å². The second kappa shape index (κ2) is 13.9. The molecule has 0 aliphatic carbocycles. The fourth-order valence-electron chi connectivity index (χ4n) is 5.18. The third-order valence-corrected chi connectivity index (χ3v) is 9.14. The number of fused-ring (bicyclic) bond motifs is 1. The van der Waals surface area contributed by atoms with E-state index in [1.54, 1.807) is 29.2 Å². The number of nitrogens with one attached hydrogen (secondary N) is 3. The minimum absolute atomic E-state index is 0.0168. The maximum atomic E-state index is 13.7. The molecule has 0 spiro atoms. The van der Waals surface area contributed by atoms with Crippen molar-refractivity contribution in [3.63, 3.8) is 0 Å². The number of halogens is 1. The number of nitrogen functional groups attached to an aromatic ring is 2. The Bertz CT molecular complexity index is 1900. The molecule has 6 rings (SSSR count). The smallest absolute Gasteiger partial charge is 0.240 e. The molecule has 2 aliphatic rings. The topological polar surface area (TPSA) is 215 Å². The number of benzene rings is 2. The van der Waals surface area contributed by atoms with E-state index in [1.807, 2.05) is 19.0 Å². The molecule has 2 aromatic heterocycles. The van der Waals surface area contributed by atoms with Gasteiger partial charge in [-0.2, -0.15) is 24.9 Å². The first-order chi connectivity index (χ1) is 23.1. The van der Waals surface area contributed by atoms with E-state index in [-0.39, 0.29) is 41.6 Å². The number of aliphatic imine (C=N–C) groups is 1. The number of nitrogens with zero attached hydrogens (tertiary/aromatic N) is 8. The molecule has 16 nitrogen and oxygen atoms in total. The third-order valence-electron chi connectivity index (χ3n) is 7.66. The lowest BCUT2D eigenvalue weighted by Gasteiger charge is -2.27. The summed E-state index contributed by atoms with van der Waals surface area (Å²) in [5, 5.41) is 6.39. The number of ether oxygens (including phenoxy) is 1. The summed E-state index contributed by atoms with van der Waals surface area (Å²) in [6.07, 6.45) is 0.358. The van der Waals surface area contributed by atoms with Gasteiger partial charge in [-0.25, -0.2) is 22.5 Å². The van der Waals surface area contributed by atoms with Crippen LogP contribution in [0, 0.1) is 5.82 Å². The standard InChI is InChI=1S/C30H36FN13O3S/c1-43(2)29-40-28(41-30(42-29)44-13-15-47-16-14-44)34-11-12-35-48(45,46)21-9-5-19(6-10-21)22-17-23(18-3-7-20(31)8-4-18)37-26-24(36-22)25(32)38-27(33)39-26/h3-10,23,35H,11-17H2,1-2H3,(H,34,40,41,42)(H5,32,33,37,38,39). The lowest BCUT2D eigenvalue weighted by molar-refractivity contribution is 0.122. The number of hydrogen-bond acceptors (Lipinski definition) is 15. The predicted molar refractivity (Wildman–Crippen MR) is 182 cm³/mol. The number of nitrogens with two attached hydrogens (primary N) is 2. The van der Waals surface area contributed by atoms with Crippen molar-refractivity contribution in [3.8, 4) is 0 Å². The van der Waals surface area contributed by atoms with Gasteiger partial charge in [0.25, 0.3) is 0 Å². The van der Waals surface area contributed by atoms with Crippen LogP contribution in [0.5, 0.6) is 0 Å². The summed E-state index contributed by atoms with van der Waals surface area (Å²) in [5.74, 6) is 1.40. The molecule has 1 atom stereocenters. The van der Waals surface area contributed by atoms with E-state index < -0.39 is 10.0 Å². The predicted octanol–water partition coefficient (Wildman–Crippen LogP) is 1.94. The van der Waals surface area contributed by atoms with Crippen molar-refractivity contribution in [1.29, 1.82) is 0 Å². The Morgan fingerprint density at radius 2 is 1.71 bits per heavy atom. The summed E-state index contributed by atoms with van der Waals surface area (Å²) in [6, 6.07) is 12.1. The van der Waals surface area contributed by atoms with Crippen LogP contribution in [-0.4, -0.2) is 92.5 Å². The first kappa shape index (κ1) is 32.7. The Morgan fingerprint density at radius 1 is 0.979 bits per heavy atom. The van der Waals surface area contributed by atoms with Gasteiger partial charge in [0.15, 0.2) is 11.6 Å². The number of aromatic nitrogens is 5. The van der Waals surface area contributed by atoms with Gasteiger partial charge in [0, 0.05) is 46.7 Å². The zero-order chi connectivity index (χ0) is 33.8. The second-order valence-electron chi connectivity index (χ2n) is 11.3. The van der Waals surface area contributed by atoms with E-state index >= 15 is 0 Å². The number of morpholine rings is 1. The third kappa shape index (κ3) is 7.50. The average molecular weight is 678 g/mol. The molecular formula is C30H36FN13O3S. The van der Waals surface area contributed by atoms with Gasteiger partial charge in [-0.3, -0.25) is 0 Å². The number of anilines is 6. The minimum atomic E-state index is -3.85. The number of rotatable bonds is 10. The molecule has 4 aromatic rings. The Labute approximate surface area is 276 Å². The van der Waals surface area contributed by atoms with Gasteiger partial charge in [0.2, 0.25) is 33.8 Å². The highest BCUT2D eigenvalue weighted by Gasteiger charge is 2.25. The summed E-state index contributed by atoms with van der Waals surface area (Å²) in [7, 11) is -0.175. The van der Waals surface area contributed by atoms with Crippen LogP contribution in [-0.2, 0) is 14.8 Å². The zero-order valence-electron chi connectivity index (χ0n) is 26.4. The molecule has 0 bridgehead atoms. The first-order valence-electron chi connectivity index (χ1n) is 15.2. The summed E-state index contributed by atoms with van der Waals surface area (Å²) in [5.41, 5.74) is 14.4. The molecule has 1 saturated heterocycles. The molecule has 0 saturated carbocycles. The lowest BCUT2D eigenvalue weighted by atomic mass is 9.97. The Morgan fingerprint density at radius 3 is 2.42 bits per heavy atom. The molecule has 2 aromatic carbocycles. The van der Waals surface area contributed by atoms with Crippen molar-refractivity contribution in [1.82, 2.24) is 29.6 Å². The maximum Gasteiger partial charge on any atom is 0.240 e. The highest BCUT2D eigenvalue weighted by Crippen LogP contribution is 2.37. The molecule has 48 heavy (non-hydrogen) atoms. The van der Waals surface area contributed by atoms with Gasteiger partial charge in [0.05, 0.1) is 29.9 Å². The van der Waals surface area contributed by atoms with Crippen molar-refractivity contribution in [2.24, 2.45) is 4.99 Å². The molecule has 7 N–H and O–H groups in total. The van der Waals surface area contributed by atoms with Crippen LogP contribution in [0.2, 0.25) is 0 Å². The minimum Gasteiger partial charge on any atom is -0.382 e. The van der Waals surface area contributed by atoms with E-state index in [9.17, 15) is 12.8 Å². The Balaban J connectivity index is 1.15. The van der Waals surface area contributed by atoms with Crippen molar-refractivity contribution < 1.29 is 17.5 Å². The lowest BCUT2D eigenvalue weighted by Crippen LogP contribution is -2.38. The van der Waals surface area contributed by atoms with Gasteiger partial charge in [0.1, 0.15) is 11.5 Å². The number of sulfonamides is 1. The molecule has 2 aliphatic heterocycles. The summed E-state index contributed by atoms with van der Waals surface area (Å²) in [4.78, 5) is 30.4. The van der Waals surface area contributed by atoms with Crippen LogP contribution in [0.3, 0.4) is 0 Å². The molecule has 252 valence electrons. The van der Waals surface area contributed by atoms with Gasteiger partial charge >= 0.3 is 0 Å². The van der Waals surface area contributed by atoms with Crippen molar-refractivity contribution >= 4 is 56.9 Å². The quantitative estimate of drug-likeness (QED) is 0.152. The number of hydrogen-bond donors (Lipinski definition) is 5. The summed E-state index contributed by atoms with van der Waals surface area (Å²) >= 11 is 0. The summed E-state index contributed by atoms with van der Waals surface area (Å²) < 4.78 is 48.1. The SMILES string of the molecule is CN(C)c1nc(NCCNS(=O)(=O)c2ccc(C3=Nc4c(N)nc(N)nc4NC(c4ccc(F)cc4)C3)cc2)nc(N2CCOCC2)n1. The van der Waals surface area contributed by atoms with Crippen molar-refractivity contribution in [2.75, 3.05) is 85.4 Å². The monoisotopic (exact) mass is 677 g/mol. The van der Waals surface area contributed by atoms with Gasteiger partial charge < -0.3 is 36.6 Å². The molecular weight excluding hydrogens is 641 g/mol. The highest BCUT2D eigenvalue weighted by molar-refractivity contribution is 7.89. The van der Waals surface area contributed by atoms with Crippen LogP contribution in [0.25, 0.3) is 0 Å². The average Bonchev–Trinajstić information content (AvgIpc) is 3.28. The van der Waals surface area contributed by atoms with E-state index in [1.165, 1.54) is 24.3 Å². The molecule has 0 amide bonds. The van der Waals surface area contributed by atoms with Crippen LogP contribution < -0.4 is 36.6 Å². The molecule has 4 heterocycles. The summed E-state index contributed by atoms with van der Waals surface area (Å²) in [6.45, 7) is 2.82. The van der Waals surface area contributed by atoms with E-state index in [4.69, 9.17) is 21.2 Å². The first-order valence-corrected chi connectivity index (χ1v) is 16.7.